The fourth-order valence-corrected chi connectivity index (χ4v) is 1.77. The Hall–Kier alpha value is -1.06. The number of hydrogen-bond acceptors (Lipinski definition) is 3. The number of methoxy groups -OCH3 is 1. The van der Waals surface area contributed by atoms with Gasteiger partial charge in [0.25, 0.3) is 0 Å². The summed E-state index contributed by atoms with van der Waals surface area (Å²) in [6, 6.07) is 5.96. The summed E-state index contributed by atoms with van der Waals surface area (Å²) in [5, 5.41) is 10.1. The van der Waals surface area contributed by atoms with E-state index in [1.807, 2.05) is 18.2 Å². The molecule has 3 nitrogen and oxygen atoms in total. The van der Waals surface area contributed by atoms with Crippen LogP contribution < -0.4 is 10.5 Å². The maximum atomic E-state index is 10.1. The second-order valence-electron chi connectivity index (χ2n) is 5.30. The second-order valence-corrected chi connectivity index (χ2v) is 5.30. The molecule has 1 rings (SSSR count). The minimum absolute atomic E-state index is 0.0590. The van der Waals surface area contributed by atoms with Crippen LogP contribution in [0.5, 0.6) is 5.75 Å². The zero-order valence-corrected chi connectivity index (χ0v) is 11.2. The van der Waals surface area contributed by atoms with E-state index in [-0.39, 0.29) is 5.41 Å². The molecule has 0 amide bonds. The summed E-state index contributed by atoms with van der Waals surface area (Å²) in [5.74, 6) is 0.721. The Balaban J connectivity index is 3.15. The van der Waals surface area contributed by atoms with Gasteiger partial charge in [0.1, 0.15) is 5.75 Å². The first-order valence-electron chi connectivity index (χ1n) is 5.96. The van der Waals surface area contributed by atoms with Crippen LogP contribution in [-0.2, 0) is 5.41 Å². The summed E-state index contributed by atoms with van der Waals surface area (Å²) < 4.78 is 5.28. The van der Waals surface area contributed by atoms with Crippen LogP contribution in [0.15, 0.2) is 18.2 Å². The number of aliphatic hydroxyl groups is 1. The molecule has 0 heterocycles. The van der Waals surface area contributed by atoms with Crippen molar-refractivity contribution in [1.82, 2.24) is 0 Å². The number of aliphatic hydroxyl groups excluding tert-OH is 1. The van der Waals surface area contributed by atoms with Crippen molar-refractivity contribution in [3.05, 3.63) is 29.3 Å². The minimum Gasteiger partial charge on any atom is -0.496 e. The third-order valence-electron chi connectivity index (χ3n) is 2.89. The van der Waals surface area contributed by atoms with Crippen LogP contribution in [0.25, 0.3) is 0 Å². The number of hydrogen-bond donors (Lipinski definition) is 2. The summed E-state index contributed by atoms with van der Waals surface area (Å²) in [6.45, 7) is 6.90. The molecule has 0 aliphatic rings. The van der Waals surface area contributed by atoms with Gasteiger partial charge in [0.05, 0.1) is 13.2 Å². The van der Waals surface area contributed by atoms with E-state index in [1.165, 1.54) is 5.56 Å². The smallest absolute Gasteiger partial charge is 0.124 e. The van der Waals surface area contributed by atoms with Gasteiger partial charge in [0, 0.05) is 5.56 Å². The Morgan fingerprint density at radius 2 is 2.00 bits per heavy atom. The SMILES string of the molecule is COc1ccc(C(C)(C)C)cc1C(O)CCN. The van der Waals surface area contributed by atoms with Gasteiger partial charge in [-0.1, -0.05) is 26.8 Å². The summed E-state index contributed by atoms with van der Waals surface area (Å²) in [4.78, 5) is 0. The van der Waals surface area contributed by atoms with Gasteiger partial charge in [-0.15, -0.1) is 0 Å². The van der Waals surface area contributed by atoms with Crippen LogP contribution in [0, 0.1) is 0 Å². The van der Waals surface area contributed by atoms with Gasteiger partial charge in [0.15, 0.2) is 0 Å². The fourth-order valence-electron chi connectivity index (χ4n) is 1.77. The average Bonchev–Trinajstić information content (AvgIpc) is 2.27. The molecule has 0 aliphatic carbocycles. The van der Waals surface area contributed by atoms with Gasteiger partial charge in [0.2, 0.25) is 0 Å². The van der Waals surface area contributed by atoms with Crippen LogP contribution in [-0.4, -0.2) is 18.8 Å². The Kier molecular flexibility index (Phi) is 4.54. The van der Waals surface area contributed by atoms with Gasteiger partial charge in [-0.3, -0.25) is 0 Å². The maximum Gasteiger partial charge on any atom is 0.124 e. The molecule has 0 aliphatic heterocycles. The van der Waals surface area contributed by atoms with Crippen molar-refractivity contribution in [3.63, 3.8) is 0 Å². The van der Waals surface area contributed by atoms with E-state index in [9.17, 15) is 5.11 Å². The lowest BCUT2D eigenvalue weighted by molar-refractivity contribution is 0.166. The molecule has 0 fully saturated rings. The number of ether oxygens (including phenoxy) is 1. The molecule has 0 aromatic heterocycles. The van der Waals surface area contributed by atoms with Gasteiger partial charge in [-0.2, -0.15) is 0 Å². The van der Waals surface area contributed by atoms with Crippen molar-refractivity contribution in [2.24, 2.45) is 5.73 Å². The molecule has 17 heavy (non-hydrogen) atoms. The normalized spacial score (nSPS) is 13.5. The molecule has 3 N–H and O–H groups in total. The van der Waals surface area contributed by atoms with E-state index < -0.39 is 6.10 Å². The van der Waals surface area contributed by atoms with Gasteiger partial charge >= 0.3 is 0 Å². The Labute approximate surface area is 104 Å². The highest BCUT2D eigenvalue weighted by Crippen LogP contribution is 2.32. The van der Waals surface area contributed by atoms with Crippen molar-refractivity contribution in [2.75, 3.05) is 13.7 Å². The van der Waals surface area contributed by atoms with E-state index in [1.54, 1.807) is 7.11 Å². The maximum absolute atomic E-state index is 10.1. The molecule has 0 bridgehead atoms. The first-order chi connectivity index (χ1) is 7.90. The lowest BCUT2D eigenvalue weighted by atomic mass is 9.85. The molecular weight excluding hydrogens is 214 g/mol. The molecule has 0 saturated heterocycles. The monoisotopic (exact) mass is 237 g/mol. The average molecular weight is 237 g/mol. The molecule has 0 radical (unpaired) electrons. The summed E-state index contributed by atoms with van der Waals surface area (Å²) in [6.07, 6.45) is -0.0125. The third kappa shape index (κ3) is 3.45. The van der Waals surface area contributed by atoms with Crippen LogP contribution >= 0.6 is 0 Å². The minimum atomic E-state index is -0.558. The number of benzene rings is 1. The van der Waals surface area contributed by atoms with Gasteiger partial charge in [-0.05, 0) is 36.1 Å². The molecular formula is C14H23NO2. The fraction of sp³-hybridized carbons (Fsp3) is 0.571. The highest BCUT2D eigenvalue weighted by Gasteiger charge is 2.19. The molecule has 0 spiro atoms. The number of nitrogens with two attached hydrogens (primary N) is 1. The van der Waals surface area contributed by atoms with E-state index in [2.05, 4.69) is 20.8 Å². The highest BCUT2D eigenvalue weighted by molar-refractivity contribution is 5.41. The highest BCUT2D eigenvalue weighted by atomic mass is 16.5. The van der Waals surface area contributed by atoms with E-state index >= 15 is 0 Å². The van der Waals surface area contributed by atoms with E-state index in [4.69, 9.17) is 10.5 Å². The lowest BCUT2D eigenvalue weighted by Crippen LogP contribution is -2.13. The van der Waals surface area contributed by atoms with Crippen molar-refractivity contribution < 1.29 is 9.84 Å². The third-order valence-corrected chi connectivity index (χ3v) is 2.89. The molecule has 96 valence electrons. The van der Waals surface area contributed by atoms with Crippen molar-refractivity contribution in [1.29, 1.82) is 0 Å². The quantitative estimate of drug-likeness (QED) is 0.845. The topological polar surface area (TPSA) is 55.5 Å². The lowest BCUT2D eigenvalue weighted by Gasteiger charge is -2.22. The molecule has 0 saturated carbocycles. The molecule has 1 aromatic carbocycles. The molecule has 1 aromatic rings. The van der Waals surface area contributed by atoms with Crippen molar-refractivity contribution >= 4 is 0 Å². The predicted molar refractivity (Wildman–Crippen MR) is 70.3 cm³/mol. The van der Waals surface area contributed by atoms with Crippen LogP contribution in [0.3, 0.4) is 0 Å². The molecule has 3 heteroatoms. The molecule has 1 atom stereocenters. The predicted octanol–water partition coefficient (Wildman–Crippen LogP) is 2.37. The van der Waals surface area contributed by atoms with Crippen molar-refractivity contribution in [3.8, 4) is 5.75 Å². The molecule has 1 unspecified atom stereocenters. The van der Waals surface area contributed by atoms with Crippen LogP contribution in [0.2, 0.25) is 0 Å². The van der Waals surface area contributed by atoms with Crippen LogP contribution in [0.1, 0.15) is 44.4 Å². The second kappa shape index (κ2) is 5.52. The largest absolute Gasteiger partial charge is 0.496 e. The standard InChI is InChI=1S/C14H23NO2/c1-14(2,3)10-5-6-13(17-4)11(9-10)12(16)7-8-15/h5-6,9,12,16H,7-8,15H2,1-4H3. The Bertz CT molecular complexity index is 369. The van der Waals surface area contributed by atoms with E-state index in [0.717, 1.165) is 11.3 Å². The van der Waals surface area contributed by atoms with Crippen molar-refractivity contribution in [2.45, 2.75) is 38.7 Å². The Morgan fingerprint density at radius 1 is 1.35 bits per heavy atom. The Morgan fingerprint density at radius 3 is 2.47 bits per heavy atom. The zero-order valence-electron chi connectivity index (χ0n) is 11.2. The summed E-state index contributed by atoms with van der Waals surface area (Å²) in [5.41, 5.74) is 7.55. The summed E-state index contributed by atoms with van der Waals surface area (Å²) in [7, 11) is 1.62. The first-order valence-corrected chi connectivity index (χ1v) is 5.96. The zero-order chi connectivity index (χ0) is 13.1. The van der Waals surface area contributed by atoms with Gasteiger partial charge < -0.3 is 15.6 Å². The first kappa shape index (κ1) is 14.0. The number of rotatable bonds is 4. The van der Waals surface area contributed by atoms with E-state index in [0.29, 0.717) is 13.0 Å². The van der Waals surface area contributed by atoms with Gasteiger partial charge in [-0.25, -0.2) is 0 Å². The van der Waals surface area contributed by atoms with Crippen LogP contribution in [0.4, 0.5) is 0 Å². The summed E-state index contributed by atoms with van der Waals surface area (Å²) >= 11 is 0.